The van der Waals surface area contributed by atoms with Crippen molar-refractivity contribution in [1.82, 2.24) is 14.8 Å². The van der Waals surface area contributed by atoms with Crippen LogP contribution in [0.15, 0.2) is 89.2 Å². The van der Waals surface area contributed by atoms with Crippen LogP contribution >= 0.6 is 11.8 Å². The van der Waals surface area contributed by atoms with Gasteiger partial charge in [0.15, 0.2) is 0 Å². The normalized spacial score (nSPS) is 14.7. The van der Waals surface area contributed by atoms with Gasteiger partial charge in [-0.15, -0.1) is 5.10 Å². The summed E-state index contributed by atoms with van der Waals surface area (Å²) in [4.78, 5) is 18.4. The Hall–Kier alpha value is -4.11. The summed E-state index contributed by atoms with van der Waals surface area (Å²) >= 11 is 1.34. The van der Waals surface area contributed by atoms with Gasteiger partial charge in [-0.05, 0) is 74.7 Å². The highest BCUT2D eigenvalue weighted by molar-refractivity contribution is 7.98. The molecule has 1 aliphatic heterocycles. The van der Waals surface area contributed by atoms with E-state index in [9.17, 15) is 9.18 Å². The molecule has 4 aromatic rings. The van der Waals surface area contributed by atoms with Crippen molar-refractivity contribution in [2.24, 2.45) is 0 Å². The zero-order valence-corrected chi connectivity index (χ0v) is 23.1. The summed E-state index contributed by atoms with van der Waals surface area (Å²) in [6, 6.07) is 21.5. The second kappa shape index (κ2) is 11.3. The number of nitrogens with one attached hydrogen (secondary N) is 2. The Labute approximate surface area is 231 Å². The number of hydrogen-bond donors (Lipinski definition) is 2. The third-order valence-electron chi connectivity index (χ3n) is 6.24. The summed E-state index contributed by atoms with van der Waals surface area (Å²) in [5, 5.41) is 11.5. The maximum Gasteiger partial charge on any atom is 0.255 e. The first-order valence-corrected chi connectivity index (χ1v) is 13.7. The first-order chi connectivity index (χ1) is 18.8. The van der Waals surface area contributed by atoms with Crippen molar-refractivity contribution in [1.29, 1.82) is 0 Å². The number of carbonyl (C=O) groups is 1. The van der Waals surface area contributed by atoms with Crippen LogP contribution in [0.4, 0.5) is 16.0 Å². The standard InChI is InChI=1S/C30H30FN5O2S/c1-18(2)38-24-14-12-21(13-15-24)27-26(28(37)33-23-10-7-8-19(3)16-23)20(4)32-29-34-30(35-36(27)29)39-17-22-9-5-6-11-25(22)31/h5-16,18,27H,17H2,1-4H3,(H,33,37)(H,32,34,35). The maximum absolute atomic E-state index is 14.2. The quantitative estimate of drug-likeness (QED) is 0.240. The molecule has 9 heteroatoms. The Bertz CT molecular complexity index is 1530. The second-order valence-electron chi connectivity index (χ2n) is 9.67. The average Bonchev–Trinajstić information content (AvgIpc) is 3.30. The number of halogens is 1. The zero-order valence-electron chi connectivity index (χ0n) is 22.2. The highest BCUT2D eigenvalue weighted by Gasteiger charge is 2.34. The largest absolute Gasteiger partial charge is 0.491 e. The van der Waals surface area contributed by atoms with E-state index in [2.05, 4.69) is 15.6 Å². The monoisotopic (exact) mass is 543 g/mol. The van der Waals surface area contributed by atoms with E-state index in [1.54, 1.807) is 22.9 Å². The summed E-state index contributed by atoms with van der Waals surface area (Å²) in [5.74, 6) is 1.15. The molecule has 2 heterocycles. The Morgan fingerprint density at radius 3 is 2.59 bits per heavy atom. The molecular formula is C30H30FN5O2S. The molecule has 200 valence electrons. The lowest BCUT2D eigenvalue weighted by molar-refractivity contribution is -0.113. The van der Waals surface area contributed by atoms with Gasteiger partial charge in [-0.2, -0.15) is 4.98 Å². The topological polar surface area (TPSA) is 81.1 Å². The molecule has 0 saturated carbocycles. The molecule has 0 aliphatic carbocycles. The number of aromatic nitrogens is 3. The van der Waals surface area contributed by atoms with E-state index in [1.807, 2.05) is 76.2 Å². The van der Waals surface area contributed by atoms with Crippen molar-refractivity contribution in [3.63, 3.8) is 0 Å². The average molecular weight is 544 g/mol. The number of nitrogens with zero attached hydrogens (tertiary/aromatic N) is 3. The van der Waals surface area contributed by atoms with Crippen molar-refractivity contribution in [3.8, 4) is 5.75 Å². The molecule has 7 nitrogen and oxygen atoms in total. The summed E-state index contributed by atoms with van der Waals surface area (Å²) in [6.07, 6.45) is 0.0449. The van der Waals surface area contributed by atoms with Crippen LogP contribution in [-0.4, -0.2) is 26.8 Å². The highest BCUT2D eigenvalue weighted by Crippen LogP contribution is 2.37. The predicted molar refractivity (Wildman–Crippen MR) is 152 cm³/mol. The van der Waals surface area contributed by atoms with Gasteiger partial charge in [0.25, 0.3) is 5.91 Å². The number of rotatable bonds is 8. The third-order valence-corrected chi connectivity index (χ3v) is 7.12. The number of benzene rings is 3. The Balaban J connectivity index is 1.49. The minimum atomic E-state index is -0.533. The van der Waals surface area contributed by atoms with Crippen LogP contribution in [0.1, 0.15) is 43.5 Å². The van der Waals surface area contributed by atoms with E-state index < -0.39 is 6.04 Å². The minimum Gasteiger partial charge on any atom is -0.491 e. The molecule has 39 heavy (non-hydrogen) atoms. The van der Waals surface area contributed by atoms with Crippen molar-refractivity contribution in [3.05, 3.63) is 107 Å². The lowest BCUT2D eigenvalue weighted by atomic mass is 9.95. The van der Waals surface area contributed by atoms with E-state index in [0.29, 0.717) is 39.4 Å². The molecule has 3 aromatic carbocycles. The number of amides is 1. The number of anilines is 2. The number of allylic oxidation sites excluding steroid dienone is 1. The van der Waals surface area contributed by atoms with Crippen molar-refractivity contribution < 1.29 is 13.9 Å². The van der Waals surface area contributed by atoms with Crippen LogP contribution in [0.25, 0.3) is 0 Å². The van der Waals surface area contributed by atoms with Gasteiger partial charge in [-0.3, -0.25) is 4.79 Å². The van der Waals surface area contributed by atoms with Gasteiger partial charge in [0.1, 0.15) is 17.6 Å². The van der Waals surface area contributed by atoms with E-state index >= 15 is 0 Å². The smallest absolute Gasteiger partial charge is 0.255 e. The molecule has 1 amide bonds. The fourth-order valence-corrected chi connectivity index (χ4v) is 5.29. The fraction of sp³-hybridized carbons (Fsp3) is 0.233. The van der Waals surface area contributed by atoms with E-state index in [-0.39, 0.29) is 17.8 Å². The molecule has 1 atom stereocenters. The van der Waals surface area contributed by atoms with Gasteiger partial charge in [0.2, 0.25) is 11.1 Å². The maximum atomic E-state index is 14.2. The van der Waals surface area contributed by atoms with Crippen LogP contribution in [0, 0.1) is 12.7 Å². The SMILES string of the molecule is CC1=C(C(=O)Nc2cccc(C)c2)C(c2ccc(OC(C)C)cc2)n2nc(SCc3ccccc3F)nc2N1. The van der Waals surface area contributed by atoms with Crippen molar-refractivity contribution in [2.75, 3.05) is 10.6 Å². The molecule has 5 rings (SSSR count). The molecule has 0 radical (unpaired) electrons. The summed E-state index contributed by atoms with van der Waals surface area (Å²) in [5.41, 5.74) is 4.40. The summed E-state index contributed by atoms with van der Waals surface area (Å²) in [7, 11) is 0. The van der Waals surface area contributed by atoms with Crippen LogP contribution in [0.2, 0.25) is 0 Å². The lowest BCUT2D eigenvalue weighted by Gasteiger charge is -2.28. The molecule has 0 bridgehead atoms. The predicted octanol–water partition coefficient (Wildman–Crippen LogP) is 6.73. The fourth-order valence-electron chi connectivity index (χ4n) is 4.47. The molecule has 1 unspecified atom stereocenters. The molecule has 0 spiro atoms. The molecule has 1 aliphatic rings. The zero-order chi connectivity index (χ0) is 27.5. The molecule has 2 N–H and O–H groups in total. The van der Waals surface area contributed by atoms with Gasteiger partial charge in [-0.1, -0.05) is 54.2 Å². The minimum absolute atomic E-state index is 0.0449. The Morgan fingerprint density at radius 2 is 1.87 bits per heavy atom. The van der Waals surface area contributed by atoms with Gasteiger partial charge in [0, 0.05) is 17.1 Å². The van der Waals surface area contributed by atoms with Crippen LogP contribution in [0.3, 0.4) is 0 Å². The summed E-state index contributed by atoms with van der Waals surface area (Å²) in [6.45, 7) is 7.79. The number of thioether (sulfide) groups is 1. The number of carbonyl (C=O) groups excluding carboxylic acids is 1. The first-order valence-electron chi connectivity index (χ1n) is 12.7. The lowest BCUT2D eigenvalue weighted by Crippen LogP contribution is -2.31. The number of hydrogen-bond acceptors (Lipinski definition) is 6. The van der Waals surface area contributed by atoms with Gasteiger partial charge < -0.3 is 15.4 Å². The van der Waals surface area contributed by atoms with Crippen LogP contribution in [0.5, 0.6) is 5.75 Å². The van der Waals surface area contributed by atoms with Crippen LogP contribution in [-0.2, 0) is 10.5 Å². The number of fused-ring (bicyclic) bond motifs is 1. The Kier molecular flexibility index (Phi) is 7.70. The third kappa shape index (κ3) is 5.98. The Morgan fingerprint density at radius 1 is 1.10 bits per heavy atom. The number of ether oxygens (including phenoxy) is 1. The first kappa shape index (κ1) is 26.5. The van der Waals surface area contributed by atoms with Gasteiger partial charge in [0.05, 0.1) is 11.7 Å². The summed E-state index contributed by atoms with van der Waals surface area (Å²) < 4.78 is 21.7. The highest BCUT2D eigenvalue weighted by atomic mass is 32.2. The van der Waals surface area contributed by atoms with E-state index in [0.717, 1.165) is 16.9 Å². The van der Waals surface area contributed by atoms with E-state index in [1.165, 1.54) is 17.8 Å². The number of aryl methyl sites for hydroxylation is 1. The molecule has 0 saturated heterocycles. The van der Waals surface area contributed by atoms with Gasteiger partial charge >= 0.3 is 0 Å². The second-order valence-corrected chi connectivity index (χ2v) is 10.6. The van der Waals surface area contributed by atoms with Crippen molar-refractivity contribution >= 4 is 29.3 Å². The van der Waals surface area contributed by atoms with Crippen LogP contribution < -0.4 is 15.4 Å². The molecule has 0 fully saturated rings. The van der Waals surface area contributed by atoms with Gasteiger partial charge in [-0.25, -0.2) is 9.07 Å². The molecular weight excluding hydrogens is 513 g/mol. The van der Waals surface area contributed by atoms with E-state index in [4.69, 9.17) is 9.84 Å². The molecule has 1 aromatic heterocycles. The van der Waals surface area contributed by atoms with Crippen molar-refractivity contribution in [2.45, 2.75) is 50.8 Å².